The van der Waals surface area contributed by atoms with Crippen molar-refractivity contribution in [1.82, 2.24) is 4.90 Å². The third-order valence-corrected chi connectivity index (χ3v) is 3.31. The van der Waals surface area contributed by atoms with Crippen LogP contribution in [0.2, 0.25) is 0 Å². The highest BCUT2D eigenvalue weighted by Gasteiger charge is 2.36. The molecular formula is C14H17NO5. The molecule has 1 heterocycles. The Labute approximate surface area is 116 Å². The van der Waals surface area contributed by atoms with Crippen LogP contribution in [0.15, 0.2) is 18.2 Å². The largest absolute Gasteiger partial charge is 0.466 e. The molecule has 0 bridgehead atoms. The molecule has 1 aromatic rings. The number of ether oxygens (including phenoxy) is 1. The van der Waals surface area contributed by atoms with E-state index in [4.69, 9.17) is 4.74 Å². The second-order valence-electron chi connectivity index (χ2n) is 4.55. The van der Waals surface area contributed by atoms with Crippen LogP contribution in [0.5, 0.6) is 0 Å². The maximum Gasteiger partial charge on any atom is 0.307 e. The molecular weight excluding hydrogens is 262 g/mol. The zero-order chi connectivity index (χ0) is 14.7. The van der Waals surface area contributed by atoms with Crippen molar-refractivity contribution in [1.29, 1.82) is 0 Å². The lowest BCUT2D eigenvalue weighted by Crippen LogP contribution is -2.29. The van der Waals surface area contributed by atoms with E-state index >= 15 is 0 Å². The third kappa shape index (κ3) is 2.72. The fourth-order valence-corrected chi connectivity index (χ4v) is 2.31. The first-order valence-corrected chi connectivity index (χ1v) is 6.45. The van der Waals surface area contributed by atoms with Gasteiger partial charge in [0.2, 0.25) is 0 Å². The van der Waals surface area contributed by atoms with Crippen LogP contribution < -0.4 is 0 Å². The van der Waals surface area contributed by atoms with Crippen LogP contribution in [0.3, 0.4) is 0 Å². The highest BCUT2D eigenvalue weighted by molar-refractivity contribution is 5.75. The average Bonchev–Trinajstić information content (AvgIpc) is 2.69. The Morgan fingerprint density at radius 1 is 1.35 bits per heavy atom. The Hall–Kier alpha value is -1.76. The van der Waals surface area contributed by atoms with Crippen LogP contribution in [0.25, 0.3) is 0 Å². The zero-order valence-electron chi connectivity index (χ0n) is 11.2. The molecule has 1 aliphatic rings. The van der Waals surface area contributed by atoms with Gasteiger partial charge in [-0.05, 0) is 13.0 Å². The Kier molecular flexibility index (Phi) is 4.49. The number of aliphatic hydroxyl groups excluding tert-OH is 2. The minimum Gasteiger partial charge on any atom is -0.466 e. The normalized spacial score (nSPS) is 21.6. The summed E-state index contributed by atoms with van der Waals surface area (Å²) in [4.78, 5) is 23.5. The third-order valence-electron chi connectivity index (χ3n) is 3.31. The molecule has 0 aliphatic carbocycles. The number of aldehydes is 1. The first kappa shape index (κ1) is 14.6. The molecule has 0 radical (unpaired) electrons. The van der Waals surface area contributed by atoms with Gasteiger partial charge in [-0.15, -0.1) is 0 Å². The second-order valence-corrected chi connectivity index (χ2v) is 4.55. The van der Waals surface area contributed by atoms with E-state index in [1.165, 1.54) is 4.90 Å². The number of esters is 1. The van der Waals surface area contributed by atoms with Gasteiger partial charge < -0.3 is 14.9 Å². The Balaban J connectivity index is 2.11. The lowest BCUT2D eigenvalue weighted by atomic mass is 10.1. The van der Waals surface area contributed by atoms with Gasteiger partial charge in [-0.25, -0.2) is 4.90 Å². The van der Waals surface area contributed by atoms with Crippen molar-refractivity contribution in [2.75, 3.05) is 13.2 Å². The average molecular weight is 279 g/mol. The maximum absolute atomic E-state index is 11.3. The smallest absolute Gasteiger partial charge is 0.307 e. The number of hydrogen-bond donors (Lipinski definition) is 2. The van der Waals surface area contributed by atoms with Gasteiger partial charge in [-0.2, -0.15) is 0 Å². The molecule has 2 atom stereocenters. The van der Waals surface area contributed by atoms with E-state index < -0.39 is 12.5 Å². The van der Waals surface area contributed by atoms with E-state index in [9.17, 15) is 19.8 Å². The summed E-state index contributed by atoms with van der Waals surface area (Å²) in [6.07, 6.45) is -1.26. The lowest BCUT2D eigenvalue weighted by molar-refractivity contribution is -0.145. The predicted molar refractivity (Wildman–Crippen MR) is 69.7 cm³/mol. The van der Waals surface area contributed by atoms with Crippen LogP contribution in [-0.4, -0.2) is 40.5 Å². The summed E-state index contributed by atoms with van der Waals surface area (Å²) in [5, 5.41) is 20.3. The van der Waals surface area contributed by atoms with Gasteiger partial charge in [0, 0.05) is 23.2 Å². The zero-order valence-corrected chi connectivity index (χ0v) is 11.2. The quantitative estimate of drug-likeness (QED) is 0.611. The van der Waals surface area contributed by atoms with Crippen LogP contribution >= 0.6 is 0 Å². The van der Waals surface area contributed by atoms with Crippen LogP contribution in [0, 0.1) is 0 Å². The van der Waals surface area contributed by atoms with Crippen LogP contribution in [0.1, 0.15) is 47.3 Å². The summed E-state index contributed by atoms with van der Waals surface area (Å²) in [6.45, 7) is 2.19. The molecule has 2 unspecified atom stereocenters. The summed E-state index contributed by atoms with van der Waals surface area (Å²) in [7, 11) is 0. The van der Waals surface area contributed by atoms with Crippen molar-refractivity contribution in [3.8, 4) is 0 Å². The van der Waals surface area contributed by atoms with Crippen molar-refractivity contribution in [3.05, 3.63) is 34.9 Å². The standard InChI is InChI=1S/C14H17NO5/c1-2-20-12(17)5-6-15-13(18)10-4-3-9(8-16)7-11(10)14(15)19/h3-4,7-8,13-14,18-19H,2,5-6H2,1H3. The summed E-state index contributed by atoms with van der Waals surface area (Å²) in [5.41, 5.74) is 1.47. The molecule has 1 aromatic carbocycles. The highest BCUT2D eigenvalue weighted by atomic mass is 16.5. The minimum atomic E-state index is -1.03. The van der Waals surface area contributed by atoms with Crippen molar-refractivity contribution in [2.24, 2.45) is 0 Å². The predicted octanol–water partition coefficient (Wildman–Crippen LogP) is 0.750. The van der Waals surface area contributed by atoms with E-state index in [1.807, 2.05) is 0 Å². The van der Waals surface area contributed by atoms with E-state index in [-0.39, 0.29) is 18.9 Å². The molecule has 2 rings (SSSR count). The number of fused-ring (bicyclic) bond motifs is 1. The Morgan fingerprint density at radius 3 is 2.70 bits per heavy atom. The first-order chi connectivity index (χ1) is 9.58. The lowest BCUT2D eigenvalue weighted by Gasteiger charge is -2.23. The van der Waals surface area contributed by atoms with Gasteiger partial charge in [-0.3, -0.25) is 9.59 Å². The van der Waals surface area contributed by atoms with Crippen molar-refractivity contribution < 1.29 is 24.5 Å². The van der Waals surface area contributed by atoms with E-state index in [1.54, 1.807) is 25.1 Å². The van der Waals surface area contributed by atoms with E-state index in [0.717, 1.165) is 0 Å². The SMILES string of the molecule is CCOC(=O)CCN1C(O)c2ccc(C=O)cc2C1O. The Bertz CT molecular complexity index is 516. The molecule has 0 amide bonds. The fourth-order valence-electron chi connectivity index (χ4n) is 2.31. The fraction of sp³-hybridized carbons (Fsp3) is 0.429. The number of carbonyl (C=O) groups is 2. The van der Waals surface area contributed by atoms with E-state index in [2.05, 4.69) is 0 Å². The molecule has 6 nitrogen and oxygen atoms in total. The molecule has 0 saturated heterocycles. The van der Waals surface area contributed by atoms with Gasteiger partial charge >= 0.3 is 5.97 Å². The molecule has 0 aromatic heterocycles. The van der Waals surface area contributed by atoms with Crippen molar-refractivity contribution in [2.45, 2.75) is 25.8 Å². The van der Waals surface area contributed by atoms with Crippen molar-refractivity contribution in [3.63, 3.8) is 0 Å². The molecule has 1 aliphatic heterocycles. The number of benzene rings is 1. The van der Waals surface area contributed by atoms with Crippen LogP contribution in [0.4, 0.5) is 0 Å². The summed E-state index contributed by atoms with van der Waals surface area (Å²) in [5.74, 6) is -0.378. The number of aliphatic hydroxyl groups is 2. The van der Waals surface area contributed by atoms with Gasteiger partial charge in [-0.1, -0.05) is 12.1 Å². The second kappa shape index (κ2) is 6.13. The Morgan fingerprint density at radius 2 is 2.05 bits per heavy atom. The number of nitrogens with zero attached hydrogens (tertiary/aromatic N) is 1. The maximum atomic E-state index is 11.3. The van der Waals surface area contributed by atoms with Crippen LogP contribution in [-0.2, 0) is 9.53 Å². The molecule has 0 fully saturated rings. The van der Waals surface area contributed by atoms with Gasteiger partial charge in [0.05, 0.1) is 13.0 Å². The molecule has 6 heteroatoms. The molecule has 0 saturated carbocycles. The number of hydrogen-bond acceptors (Lipinski definition) is 6. The molecule has 20 heavy (non-hydrogen) atoms. The van der Waals surface area contributed by atoms with Crippen molar-refractivity contribution >= 4 is 12.3 Å². The number of rotatable bonds is 5. The molecule has 0 spiro atoms. The molecule has 2 N–H and O–H groups in total. The summed E-state index contributed by atoms with van der Waals surface area (Å²) >= 11 is 0. The number of carbonyl (C=O) groups excluding carboxylic acids is 2. The molecule has 108 valence electrons. The van der Waals surface area contributed by atoms with Gasteiger partial charge in [0.15, 0.2) is 0 Å². The topological polar surface area (TPSA) is 87.1 Å². The highest BCUT2D eigenvalue weighted by Crippen LogP contribution is 2.39. The summed E-state index contributed by atoms with van der Waals surface area (Å²) < 4.78 is 4.81. The van der Waals surface area contributed by atoms with E-state index in [0.29, 0.717) is 29.6 Å². The minimum absolute atomic E-state index is 0.0798. The van der Waals surface area contributed by atoms with Gasteiger partial charge in [0.1, 0.15) is 18.7 Å². The monoisotopic (exact) mass is 279 g/mol. The van der Waals surface area contributed by atoms with Gasteiger partial charge in [0.25, 0.3) is 0 Å². The first-order valence-electron chi connectivity index (χ1n) is 6.45. The summed E-state index contributed by atoms with van der Waals surface area (Å²) in [6, 6.07) is 4.73.